The third kappa shape index (κ3) is 1.58. The molecule has 6 nitrogen and oxygen atoms in total. The van der Waals surface area contributed by atoms with Crippen molar-refractivity contribution in [3.63, 3.8) is 0 Å². The molecule has 0 aromatic heterocycles. The third-order valence-corrected chi connectivity index (χ3v) is 5.25. The van der Waals surface area contributed by atoms with Crippen molar-refractivity contribution in [2.45, 2.75) is 19.3 Å². The van der Waals surface area contributed by atoms with Crippen LogP contribution in [0.2, 0.25) is 0 Å². The number of fused-ring (bicyclic) bond motifs is 5. The predicted octanol–water partition coefficient (Wildman–Crippen LogP) is 2.13. The Morgan fingerprint density at radius 1 is 1.00 bits per heavy atom. The molecule has 6 heteroatoms. The standard InChI is InChI=1S/C15H14N2O4/c18-14-12-8-1-2-9(7-8)13(12)15(19)16(14)10-3-5-11(6-4-10)17(20)21/h3-6,8-9,12-13H,1-2,7H2/t8-,9-,12-,13+/m0/s1. The van der Waals surface area contributed by atoms with Crippen molar-refractivity contribution in [2.24, 2.45) is 23.7 Å². The SMILES string of the molecule is O=C1[C@@H]2[C@H]3CC[C@@H](C3)[C@@H]2C(=O)N1c1ccc([N+](=O)[O-])cc1. The molecule has 4 atom stereocenters. The van der Waals surface area contributed by atoms with Gasteiger partial charge in [-0.25, -0.2) is 0 Å². The summed E-state index contributed by atoms with van der Waals surface area (Å²) in [5.41, 5.74) is 0.405. The highest BCUT2D eigenvalue weighted by Gasteiger charge is 2.61. The predicted molar refractivity (Wildman–Crippen MR) is 73.4 cm³/mol. The summed E-state index contributed by atoms with van der Waals surface area (Å²) < 4.78 is 0. The molecule has 0 spiro atoms. The minimum atomic E-state index is -0.494. The first-order chi connectivity index (χ1) is 10.1. The van der Waals surface area contributed by atoms with Crippen LogP contribution < -0.4 is 4.90 Å². The van der Waals surface area contributed by atoms with Gasteiger partial charge in [0.1, 0.15) is 0 Å². The fourth-order valence-corrected chi connectivity index (χ4v) is 4.39. The average molecular weight is 286 g/mol. The van der Waals surface area contributed by atoms with Crippen LogP contribution in [-0.4, -0.2) is 16.7 Å². The number of carbonyl (C=O) groups is 2. The van der Waals surface area contributed by atoms with Gasteiger partial charge in [0.15, 0.2) is 0 Å². The second-order valence-corrected chi connectivity index (χ2v) is 6.17. The van der Waals surface area contributed by atoms with E-state index < -0.39 is 4.92 Å². The Labute approximate surface area is 120 Å². The molecule has 21 heavy (non-hydrogen) atoms. The molecule has 3 aliphatic rings. The van der Waals surface area contributed by atoms with Crippen LogP contribution in [0.4, 0.5) is 11.4 Å². The quantitative estimate of drug-likeness (QED) is 0.474. The first-order valence-corrected chi connectivity index (χ1v) is 7.20. The largest absolute Gasteiger partial charge is 0.274 e. The number of rotatable bonds is 2. The Morgan fingerprint density at radius 2 is 1.52 bits per heavy atom. The van der Waals surface area contributed by atoms with Crippen molar-refractivity contribution in [1.82, 2.24) is 0 Å². The van der Waals surface area contributed by atoms with Crippen LogP contribution in [0.15, 0.2) is 24.3 Å². The van der Waals surface area contributed by atoms with Gasteiger partial charge in [-0.2, -0.15) is 0 Å². The molecule has 1 aromatic rings. The third-order valence-electron chi connectivity index (χ3n) is 5.25. The lowest BCUT2D eigenvalue weighted by Gasteiger charge is -2.19. The summed E-state index contributed by atoms with van der Waals surface area (Å²) in [4.78, 5) is 36.6. The van der Waals surface area contributed by atoms with Crippen molar-refractivity contribution in [3.05, 3.63) is 34.4 Å². The Hall–Kier alpha value is -2.24. The molecular formula is C15H14N2O4. The van der Waals surface area contributed by atoms with Crippen molar-refractivity contribution in [1.29, 1.82) is 0 Å². The topological polar surface area (TPSA) is 80.5 Å². The minimum absolute atomic E-state index is 0.0434. The number of nitrogens with zero attached hydrogens (tertiary/aromatic N) is 2. The van der Waals surface area contributed by atoms with Gasteiger partial charge in [0.2, 0.25) is 11.8 Å². The van der Waals surface area contributed by atoms with E-state index in [4.69, 9.17) is 0 Å². The van der Waals surface area contributed by atoms with Gasteiger partial charge in [-0.05, 0) is 43.2 Å². The highest BCUT2D eigenvalue weighted by Crippen LogP contribution is 2.56. The van der Waals surface area contributed by atoms with Gasteiger partial charge in [-0.3, -0.25) is 24.6 Å². The lowest BCUT2D eigenvalue weighted by atomic mass is 9.81. The van der Waals surface area contributed by atoms with Gasteiger partial charge >= 0.3 is 0 Å². The van der Waals surface area contributed by atoms with Crippen LogP contribution in [0.1, 0.15) is 19.3 Å². The van der Waals surface area contributed by atoms with E-state index in [1.165, 1.54) is 29.2 Å². The Bertz CT molecular complexity index is 626. The Morgan fingerprint density at radius 3 is 2.00 bits per heavy atom. The summed E-state index contributed by atoms with van der Waals surface area (Å²) >= 11 is 0. The van der Waals surface area contributed by atoms with Gasteiger partial charge < -0.3 is 0 Å². The van der Waals surface area contributed by atoms with Gasteiger partial charge in [0.25, 0.3) is 5.69 Å². The van der Waals surface area contributed by atoms with Crippen molar-refractivity contribution in [3.8, 4) is 0 Å². The summed E-state index contributed by atoms with van der Waals surface area (Å²) in [6.45, 7) is 0. The van der Waals surface area contributed by atoms with Crippen LogP contribution in [0.25, 0.3) is 0 Å². The number of hydrogen-bond acceptors (Lipinski definition) is 4. The molecule has 3 fully saturated rings. The monoisotopic (exact) mass is 286 g/mol. The first kappa shape index (κ1) is 12.5. The van der Waals surface area contributed by atoms with Gasteiger partial charge in [-0.1, -0.05) is 0 Å². The van der Waals surface area contributed by atoms with Gasteiger partial charge in [0.05, 0.1) is 22.4 Å². The zero-order valence-corrected chi connectivity index (χ0v) is 11.3. The maximum Gasteiger partial charge on any atom is 0.269 e. The number of carbonyl (C=O) groups excluding carboxylic acids is 2. The minimum Gasteiger partial charge on any atom is -0.274 e. The van der Waals surface area contributed by atoms with E-state index in [-0.39, 0.29) is 29.3 Å². The smallest absolute Gasteiger partial charge is 0.269 e. The molecule has 0 radical (unpaired) electrons. The molecule has 0 N–H and O–H groups in total. The number of benzene rings is 1. The van der Waals surface area contributed by atoms with E-state index in [1.54, 1.807) is 0 Å². The zero-order valence-electron chi connectivity index (χ0n) is 11.3. The fraction of sp³-hybridized carbons (Fsp3) is 0.467. The van der Waals surface area contributed by atoms with Crippen LogP contribution >= 0.6 is 0 Å². The highest BCUT2D eigenvalue weighted by atomic mass is 16.6. The number of non-ortho nitro benzene ring substituents is 1. The van der Waals surface area contributed by atoms with Gasteiger partial charge in [-0.15, -0.1) is 0 Å². The van der Waals surface area contributed by atoms with Crippen molar-refractivity contribution >= 4 is 23.2 Å². The molecule has 1 heterocycles. The molecule has 4 rings (SSSR count). The van der Waals surface area contributed by atoms with E-state index in [0.29, 0.717) is 17.5 Å². The summed E-state index contributed by atoms with van der Waals surface area (Å²) in [6, 6.07) is 5.63. The molecule has 2 bridgehead atoms. The van der Waals surface area contributed by atoms with E-state index >= 15 is 0 Å². The first-order valence-electron chi connectivity index (χ1n) is 7.20. The number of anilines is 1. The summed E-state index contributed by atoms with van der Waals surface area (Å²) in [5, 5.41) is 10.7. The summed E-state index contributed by atoms with van der Waals surface area (Å²) in [5.74, 6) is 0.133. The van der Waals surface area contributed by atoms with E-state index in [2.05, 4.69) is 0 Å². The highest BCUT2D eigenvalue weighted by molar-refractivity contribution is 6.22. The summed E-state index contributed by atoms with van der Waals surface area (Å²) in [6.07, 6.45) is 3.08. The summed E-state index contributed by atoms with van der Waals surface area (Å²) in [7, 11) is 0. The van der Waals surface area contributed by atoms with Crippen molar-refractivity contribution < 1.29 is 14.5 Å². The normalized spacial score (nSPS) is 33.6. The van der Waals surface area contributed by atoms with Gasteiger partial charge in [0, 0.05) is 12.1 Å². The molecular weight excluding hydrogens is 272 g/mol. The number of nitro benzene ring substituents is 1. The number of nitro groups is 1. The van der Waals surface area contributed by atoms with Crippen LogP contribution in [0, 0.1) is 33.8 Å². The van der Waals surface area contributed by atoms with Crippen molar-refractivity contribution in [2.75, 3.05) is 4.90 Å². The lowest BCUT2D eigenvalue weighted by molar-refractivity contribution is -0.384. The molecule has 2 aliphatic carbocycles. The average Bonchev–Trinajstić information content (AvgIpc) is 3.13. The van der Waals surface area contributed by atoms with Crippen LogP contribution in [0.5, 0.6) is 0 Å². The maximum atomic E-state index is 12.6. The van der Waals surface area contributed by atoms with Crippen LogP contribution in [-0.2, 0) is 9.59 Å². The molecule has 108 valence electrons. The second-order valence-electron chi connectivity index (χ2n) is 6.17. The fourth-order valence-electron chi connectivity index (χ4n) is 4.39. The molecule has 1 aromatic carbocycles. The maximum absolute atomic E-state index is 12.6. The second kappa shape index (κ2) is 4.13. The molecule has 0 unspecified atom stereocenters. The van der Waals surface area contributed by atoms with E-state index in [9.17, 15) is 19.7 Å². The molecule has 2 amide bonds. The lowest BCUT2D eigenvalue weighted by Crippen LogP contribution is -2.32. The molecule has 1 saturated heterocycles. The van der Waals surface area contributed by atoms with E-state index in [0.717, 1.165) is 19.3 Å². The number of imide groups is 1. The molecule has 1 aliphatic heterocycles. The number of hydrogen-bond donors (Lipinski definition) is 0. The van der Waals surface area contributed by atoms with E-state index in [1.807, 2.05) is 0 Å². The Kier molecular flexibility index (Phi) is 2.46. The van der Waals surface area contributed by atoms with Crippen LogP contribution in [0.3, 0.4) is 0 Å². The zero-order chi connectivity index (χ0) is 14.7. The number of amides is 2. The molecule has 2 saturated carbocycles. The Balaban J connectivity index is 1.68.